The van der Waals surface area contributed by atoms with Crippen molar-refractivity contribution in [1.29, 1.82) is 0 Å². The highest BCUT2D eigenvalue weighted by molar-refractivity contribution is 7.91. The van der Waals surface area contributed by atoms with Crippen molar-refractivity contribution in [3.63, 3.8) is 0 Å². The third-order valence-electron chi connectivity index (χ3n) is 5.34. The van der Waals surface area contributed by atoms with E-state index in [0.29, 0.717) is 6.42 Å². The minimum atomic E-state index is -3.00. The lowest BCUT2D eigenvalue weighted by Gasteiger charge is -2.32. The number of urea groups is 1. The molecule has 2 fully saturated rings. The van der Waals surface area contributed by atoms with Gasteiger partial charge in [-0.2, -0.15) is 0 Å². The second-order valence-electron chi connectivity index (χ2n) is 7.31. The van der Waals surface area contributed by atoms with Gasteiger partial charge >= 0.3 is 6.03 Å². The summed E-state index contributed by atoms with van der Waals surface area (Å²) in [4.78, 5) is 16.2. The number of anilines is 2. The Kier molecular flexibility index (Phi) is 5.22. The normalized spacial score (nSPS) is 23.4. The molecule has 0 radical (unpaired) electrons. The van der Waals surface area contributed by atoms with Crippen LogP contribution in [0.25, 0.3) is 0 Å². The van der Waals surface area contributed by atoms with Crippen LogP contribution >= 0.6 is 0 Å². The van der Waals surface area contributed by atoms with Crippen molar-refractivity contribution in [2.75, 3.05) is 41.9 Å². The summed E-state index contributed by atoms with van der Waals surface area (Å²) in [5.74, 6) is 1.02. The number of sulfone groups is 1. The van der Waals surface area contributed by atoms with Crippen LogP contribution in [0.4, 0.5) is 16.2 Å². The van der Waals surface area contributed by atoms with Gasteiger partial charge in [-0.05, 0) is 49.4 Å². The Morgan fingerprint density at radius 1 is 1.16 bits per heavy atom. The number of carbonyl (C=O) groups excluding carboxylic acids is 1. The highest BCUT2D eigenvalue weighted by Crippen LogP contribution is 2.24. The molecule has 6 nitrogen and oxygen atoms in total. The van der Waals surface area contributed by atoms with Gasteiger partial charge in [-0.25, -0.2) is 13.2 Å². The van der Waals surface area contributed by atoms with Crippen molar-refractivity contribution in [1.82, 2.24) is 4.90 Å². The maximum Gasteiger partial charge on any atom is 0.321 e. The zero-order valence-corrected chi connectivity index (χ0v) is 15.8. The molecule has 138 valence electrons. The lowest BCUT2D eigenvalue weighted by Crippen LogP contribution is -2.40. The predicted molar refractivity (Wildman–Crippen MR) is 101 cm³/mol. The minimum absolute atomic E-state index is 0.0588. The zero-order valence-electron chi connectivity index (χ0n) is 14.9. The third kappa shape index (κ3) is 4.45. The summed E-state index contributed by atoms with van der Waals surface area (Å²) < 4.78 is 23.1. The molecule has 0 saturated carbocycles. The molecule has 2 aliphatic rings. The Morgan fingerprint density at radius 2 is 1.80 bits per heavy atom. The Labute approximate surface area is 150 Å². The van der Waals surface area contributed by atoms with E-state index in [9.17, 15) is 13.2 Å². The average molecular weight is 365 g/mol. The Hall–Kier alpha value is -1.76. The van der Waals surface area contributed by atoms with E-state index in [-0.39, 0.29) is 23.6 Å². The van der Waals surface area contributed by atoms with Crippen molar-refractivity contribution < 1.29 is 13.2 Å². The molecule has 2 saturated heterocycles. The molecule has 0 aliphatic carbocycles. The number of rotatable bonds is 3. The summed E-state index contributed by atoms with van der Waals surface area (Å²) in [6, 6.07) is 7.38. The first kappa shape index (κ1) is 18.0. The summed E-state index contributed by atoms with van der Waals surface area (Å²) in [5, 5.41) is 2.86. The van der Waals surface area contributed by atoms with Crippen molar-refractivity contribution >= 4 is 27.2 Å². The van der Waals surface area contributed by atoms with Gasteiger partial charge in [0.2, 0.25) is 0 Å². The quantitative estimate of drug-likeness (QED) is 0.894. The molecule has 0 aromatic heterocycles. The molecule has 2 amide bonds. The van der Waals surface area contributed by atoms with E-state index in [2.05, 4.69) is 17.1 Å². The van der Waals surface area contributed by atoms with Crippen LogP contribution < -0.4 is 10.2 Å². The maximum absolute atomic E-state index is 12.3. The summed E-state index contributed by atoms with van der Waals surface area (Å²) in [7, 11) is -1.34. The fourth-order valence-electron chi connectivity index (χ4n) is 3.48. The van der Waals surface area contributed by atoms with Gasteiger partial charge in [0.05, 0.1) is 11.5 Å². The van der Waals surface area contributed by atoms with Crippen LogP contribution in [0.15, 0.2) is 24.3 Å². The van der Waals surface area contributed by atoms with Crippen molar-refractivity contribution in [2.24, 2.45) is 5.92 Å². The van der Waals surface area contributed by atoms with E-state index in [1.807, 2.05) is 24.3 Å². The molecule has 3 rings (SSSR count). The van der Waals surface area contributed by atoms with E-state index in [0.717, 1.165) is 24.7 Å². The van der Waals surface area contributed by atoms with Crippen LogP contribution in [0.3, 0.4) is 0 Å². The molecule has 0 bridgehead atoms. The standard InChI is InChI=1S/C18H27N3O3S/c1-14-7-10-21(11-8-14)16-5-3-15(4-6-16)19-18(22)20(2)17-9-12-25(23,24)13-17/h3-6,14,17H,7-13H2,1-2H3,(H,19,22). The molecule has 7 heteroatoms. The Balaban J connectivity index is 1.57. The van der Waals surface area contributed by atoms with Crippen molar-refractivity contribution in [3.05, 3.63) is 24.3 Å². The molecule has 1 atom stereocenters. The molecule has 25 heavy (non-hydrogen) atoms. The molecule has 1 unspecified atom stereocenters. The molecule has 0 spiro atoms. The number of benzene rings is 1. The average Bonchev–Trinajstić information content (AvgIpc) is 2.95. The van der Waals surface area contributed by atoms with E-state index in [1.54, 1.807) is 7.05 Å². The number of amides is 2. The molecular formula is C18H27N3O3S. The Bertz CT molecular complexity index is 710. The van der Waals surface area contributed by atoms with Gasteiger partial charge in [0, 0.05) is 37.6 Å². The van der Waals surface area contributed by atoms with Crippen LogP contribution in [0.5, 0.6) is 0 Å². The zero-order chi connectivity index (χ0) is 18.0. The van der Waals surface area contributed by atoms with Crippen molar-refractivity contribution in [2.45, 2.75) is 32.2 Å². The van der Waals surface area contributed by atoms with Crippen molar-refractivity contribution in [3.8, 4) is 0 Å². The highest BCUT2D eigenvalue weighted by atomic mass is 32.2. The fraction of sp³-hybridized carbons (Fsp3) is 0.611. The number of nitrogens with one attached hydrogen (secondary N) is 1. The molecule has 2 aliphatic heterocycles. The lowest BCUT2D eigenvalue weighted by atomic mass is 9.99. The molecule has 1 aromatic rings. The SMILES string of the molecule is CC1CCN(c2ccc(NC(=O)N(C)C3CCS(=O)(=O)C3)cc2)CC1. The number of piperidine rings is 1. The number of carbonyl (C=O) groups is 1. The highest BCUT2D eigenvalue weighted by Gasteiger charge is 2.32. The first-order chi connectivity index (χ1) is 11.8. The number of nitrogens with zero attached hydrogens (tertiary/aromatic N) is 2. The van der Waals surface area contributed by atoms with Gasteiger partial charge in [-0.15, -0.1) is 0 Å². The summed E-state index contributed by atoms with van der Waals surface area (Å²) in [6.07, 6.45) is 2.94. The first-order valence-corrected chi connectivity index (χ1v) is 10.8. The van der Waals surface area contributed by atoms with Gasteiger partial charge in [-0.1, -0.05) is 6.92 Å². The predicted octanol–water partition coefficient (Wildman–Crippen LogP) is 2.57. The summed E-state index contributed by atoms with van der Waals surface area (Å²) in [6.45, 7) is 4.44. The monoisotopic (exact) mass is 365 g/mol. The fourth-order valence-corrected chi connectivity index (χ4v) is 5.26. The van der Waals surface area contributed by atoms with E-state index < -0.39 is 9.84 Å². The van der Waals surface area contributed by atoms with E-state index >= 15 is 0 Å². The molecule has 1 aromatic carbocycles. The van der Waals surface area contributed by atoms with E-state index in [4.69, 9.17) is 0 Å². The van der Waals surface area contributed by atoms with Crippen LogP contribution in [0.1, 0.15) is 26.2 Å². The topological polar surface area (TPSA) is 69.7 Å². The number of hydrogen-bond acceptors (Lipinski definition) is 4. The van der Waals surface area contributed by atoms with Gasteiger partial charge in [-0.3, -0.25) is 0 Å². The second kappa shape index (κ2) is 7.23. The van der Waals surface area contributed by atoms with Crippen LogP contribution in [0, 0.1) is 5.92 Å². The Morgan fingerprint density at radius 3 is 2.36 bits per heavy atom. The largest absolute Gasteiger partial charge is 0.372 e. The molecular weight excluding hydrogens is 338 g/mol. The van der Waals surface area contributed by atoms with Gasteiger partial charge in [0.1, 0.15) is 0 Å². The minimum Gasteiger partial charge on any atom is -0.372 e. The van der Waals surface area contributed by atoms with Crippen LogP contribution in [0.2, 0.25) is 0 Å². The first-order valence-electron chi connectivity index (χ1n) is 8.93. The van der Waals surface area contributed by atoms with Gasteiger partial charge in [0.15, 0.2) is 9.84 Å². The summed E-state index contributed by atoms with van der Waals surface area (Å²) in [5.41, 5.74) is 1.91. The van der Waals surface area contributed by atoms with Crippen LogP contribution in [-0.2, 0) is 9.84 Å². The van der Waals surface area contributed by atoms with Crippen LogP contribution in [-0.4, -0.2) is 57.0 Å². The molecule has 2 heterocycles. The number of hydrogen-bond donors (Lipinski definition) is 1. The van der Waals surface area contributed by atoms with Gasteiger partial charge in [0.25, 0.3) is 0 Å². The maximum atomic E-state index is 12.3. The smallest absolute Gasteiger partial charge is 0.321 e. The molecule has 1 N–H and O–H groups in total. The lowest BCUT2D eigenvalue weighted by molar-refractivity contribution is 0.209. The third-order valence-corrected chi connectivity index (χ3v) is 7.09. The summed E-state index contributed by atoms with van der Waals surface area (Å²) >= 11 is 0. The second-order valence-corrected chi connectivity index (χ2v) is 9.54. The van der Waals surface area contributed by atoms with E-state index in [1.165, 1.54) is 23.4 Å². The van der Waals surface area contributed by atoms with Gasteiger partial charge < -0.3 is 15.1 Å².